The first-order valence-electron chi connectivity index (χ1n) is 6.67. The first-order chi connectivity index (χ1) is 8.40. The normalized spacial score (nSPS) is 27.3. The van der Waals surface area contributed by atoms with Gasteiger partial charge in [0.05, 0.1) is 5.41 Å². The second-order valence-electron chi connectivity index (χ2n) is 5.36. The number of carbonyl (C=O) groups is 2. The van der Waals surface area contributed by atoms with Gasteiger partial charge in [-0.3, -0.25) is 4.79 Å². The van der Waals surface area contributed by atoms with Crippen molar-refractivity contribution in [2.45, 2.75) is 52.0 Å². The predicted molar refractivity (Wildman–Crippen MR) is 69.3 cm³/mol. The van der Waals surface area contributed by atoms with Crippen LogP contribution in [0.3, 0.4) is 0 Å². The van der Waals surface area contributed by atoms with Crippen LogP contribution in [-0.2, 0) is 9.59 Å². The lowest BCUT2D eigenvalue weighted by atomic mass is 9.76. The van der Waals surface area contributed by atoms with Gasteiger partial charge in [0.25, 0.3) is 0 Å². The van der Waals surface area contributed by atoms with E-state index >= 15 is 0 Å². The van der Waals surface area contributed by atoms with Gasteiger partial charge in [-0.25, -0.2) is 4.79 Å². The van der Waals surface area contributed by atoms with Gasteiger partial charge in [-0.15, -0.1) is 0 Å². The molecule has 1 aliphatic heterocycles. The molecule has 0 bridgehead atoms. The summed E-state index contributed by atoms with van der Waals surface area (Å²) in [6, 6.07) is 0. The molecule has 0 aromatic carbocycles. The van der Waals surface area contributed by atoms with E-state index in [-0.39, 0.29) is 5.91 Å². The molecule has 0 aromatic rings. The highest BCUT2D eigenvalue weighted by atomic mass is 16.4. The zero-order valence-corrected chi connectivity index (χ0v) is 11.5. The van der Waals surface area contributed by atoms with Crippen LogP contribution in [-0.4, -0.2) is 35.6 Å². The summed E-state index contributed by atoms with van der Waals surface area (Å²) in [5.41, 5.74) is -1.62. The Hall–Kier alpha value is -1.10. The minimum atomic E-state index is -1.17. The second-order valence-corrected chi connectivity index (χ2v) is 5.36. The van der Waals surface area contributed by atoms with Gasteiger partial charge in [0.1, 0.15) is 5.54 Å². The molecule has 18 heavy (non-hydrogen) atoms. The van der Waals surface area contributed by atoms with Crippen molar-refractivity contribution in [1.29, 1.82) is 0 Å². The van der Waals surface area contributed by atoms with Gasteiger partial charge in [-0.2, -0.15) is 0 Å². The highest BCUT2D eigenvalue weighted by Crippen LogP contribution is 2.31. The fraction of sp³-hybridized carbons (Fsp3) is 0.846. The average Bonchev–Trinajstić information content (AvgIpc) is 2.38. The number of carboxylic acid groups (broad SMARTS) is 1. The third kappa shape index (κ3) is 2.83. The van der Waals surface area contributed by atoms with Crippen LogP contribution in [0.1, 0.15) is 46.5 Å². The van der Waals surface area contributed by atoms with Crippen LogP contribution in [0.4, 0.5) is 0 Å². The maximum Gasteiger partial charge on any atom is 0.329 e. The Bertz CT molecular complexity index is 324. The summed E-state index contributed by atoms with van der Waals surface area (Å²) in [7, 11) is 0. The first-order valence-corrected chi connectivity index (χ1v) is 6.67. The Morgan fingerprint density at radius 2 is 2.11 bits per heavy atom. The summed E-state index contributed by atoms with van der Waals surface area (Å²) in [5, 5.41) is 15.2. The van der Waals surface area contributed by atoms with Crippen LogP contribution < -0.4 is 10.6 Å². The van der Waals surface area contributed by atoms with E-state index in [9.17, 15) is 14.7 Å². The number of aliphatic carboxylic acids is 1. The molecular formula is C13H24N2O3. The molecule has 104 valence electrons. The van der Waals surface area contributed by atoms with Crippen LogP contribution >= 0.6 is 0 Å². The molecule has 1 fully saturated rings. The number of hydrogen-bond donors (Lipinski definition) is 3. The van der Waals surface area contributed by atoms with Crippen LogP contribution in [0.5, 0.6) is 0 Å². The molecule has 0 radical (unpaired) electrons. The van der Waals surface area contributed by atoms with E-state index in [0.717, 1.165) is 25.8 Å². The number of hydrogen-bond acceptors (Lipinski definition) is 3. The summed E-state index contributed by atoms with van der Waals surface area (Å²) in [4.78, 5) is 23.6. The maximum atomic E-state index is 12.4. The Balaban J connectivity index is 2.82. The maximum absolute atomic E-state index is 12.4. The van der Waals surface area contributed by atoms with Gasteiger partial charge < -0.3 is 15.7 Å². The highest BCUT2D eigenvalue weighted by Gasteiger charge is 2.42. The van der Waals surface area contributed by atoms with Crippen molar-refractivity contribution in [1.82, 2.24) is 10.6 Å². The molecule has 5 heteroatoms. The molecule has 0 saturated carbocycles. The molecule has 5 nitrogen and oxygen atoms in total. The number of nitrogens with one attached hydrogen (secondary N) is 2. The first kappa shape index (κ1) is 15.0. The topological polar surface area (TPSA) is 78.4 Å². The summed E-state index contributed by atoms with van der Waals surface area (Å²) in [5.74, 6) is -1.11. The Morgan fingerprint density at radius 1 is 1.44 bits per heavy atom. The minimum Gasteiger partial charge on any atom is -0.480 e. The Morgan fingerprint density at radius 3 is 2.50 bits per heavy atom. The Kier molecular flexibility index (Phi) is 4.73. The highest BCUT2D eigenvalue weighted by molar-refractivity contribution is 5.89. The number of carbonyl (C=O) groups excluding carboxylic acids is 1. The molecule has 1 rings (SSSR count). The average molecular weight is 256 g/mol. The third-order valence-corrected chi connectivity index (χ3v) is 4.20. The second kappa shape index (κ2) is 5.69. The molecule has 1 heterocycles. The smallest absolute Gasteiger partial charge is 0.329 e. The standard InChI is InChI=1S/C13H24N2O3/c1-4-12(3,11(17)18)15-10(16)13(5-2)7-6-8-14-9-13/h14H,4-9H2,1-3H3,(H,15,16)(H,17,18). The largest absolute Gasteiger partial charge is 0.480 e. The SMILES string of the molecule is CCC1(C(=O)NC(C)(CC)C(=O)O)CCCNC1. The fourth-order valence-corrected chi connectivity index (χ4v) is 2.30. The van der Waals surface area contributed by atoms with Crippen LogP contribution in [0.2, 0.25) is 0 Å². The van der Waals surface area contributed by atoms with E-state index in [0.29, 0.717) is 13.0 Å². The van der Waals surface area contributed by atoms with E-state index in [1.165, 1.54) is 0 Å². The van der Waals surface area contributed by atoms with Crippen molar-refractivity contribution in [3.63, 3.8) is 0 Å². The lowest BCUT2D eigenvalue weighted by molar-refractivity contribution is -0.149. The predicted octanol–water partition coefficient (Wildman–Crippen LogP) is 1.14. The van der Waals surface area contributed by atoms with Crippen molar-refractivity contribution < 1.29 is 14.7 Å². The zero-order valence-electron chi connectivity index (χ0n) is 11.5. The Labute approximate surface area is 108 Å². The van der Waals surface area contributed by atoms with Gasteiger partial charge in [-0.1, -0.05) is 13.8 Å². The van der Waals surface area contributed by atoms with Crippen molar-refractivity contribution in [2.24, 2.45) is 5.41 Å². The minimum absolute atomic E-state index is 0.135. The van der Waals surface area contributed by atoms with Crippen LogP contribution in [0.25, 0.3) is 0 Å². The van der Waals surface area contributed by atoms with Crippen molar-refractivity contribution in [3.8, 4) is 0 Å². The van der Waals surface area contributed by atoms with Gasteiger partial charge in [0, 0.05) is 6.54 Å². The number of piperidine rings is 1. The van der Waals surface area contributed by atoms with E-state index < -0.39 is 16.9 Å². The number of amides is 1. The van der Waals surface area contributed by atoms with Crippen molar-refractivity contribution >= 4 is 11.9 Å². The van der Waals surface area contributed by atoms with E-state index in [1.54, 1.807) is 13.8 Å². The van der Waals surface area contributed by atoms with Gasteiger partial charge in [0.15, 0.2) is 0 Å². The lowest BCUT2D eigenvalue weighted by Gasteiger charge is -2.38. The van der Waals surface area contributed by atoms with E-state index in [1.807, 2.05) is 6.92 Å². The summed E-state index contributed by atoms with van der Waals surface area (Å²) < 4.78 is 0. The molecule has 3 N–H and O–H groups in total. The summed E-state index contributed by atoms with van der Waals surface area (Å²) in [6.07, 6.45) is 2.88. The quantitative estimate of drug-likeness (QED) is 0.689. The lowest BCUT2D eigenvalue weighted by Crippen LogP contribution is -2.59. The fourth-order valence-electron chi connectivity index (χ4n) is 2.30. The van der Waals surface area contributed by atoms with Crippen LogP contribution in [0, 0.1) is 5.41 Å². The van der Waals surface area contributed by atoms with Crippen molar-refractivity contribution in [2.75, 3.05) is 13.1 Å². The van der Waals surface area contributed by atoms with E-state index in [2.05, 4.69) is 10.6 Å². The molecular weight excluding hydrogens is 232 g/mol. The van der Waals surface area contributed by atoms with Gasteiger partial charge >= 0.3 is 5.97 Å². The molecule has 0 aromatic heterocycles. The number of carboxylic acids is 1. The number of rotatable bonds is 5. The molecule has 0 aliphatic carbocycles. The summed E-state index contributed by atoms with van der Waals surface area (Å²) in [6.45, 7) is 6.88. The molecule has 1 amide bonds. The summed E-state index contributed by atoms with van der Waals surface area (Å²) >= 11 is 0. The van der Waals surface area contributed by atoms with Crippen LogP contribution in [0.15, 0.2) is 0 Å². The molecule has 0 spiro atoms. The molecule has 1 saturated heterocycles. The van der Waals surface area contributed by atoms with Gasteiger partial charge in [0.2, 0.25) is 5.91 Å². The third-order valence-electron chi connectivity index (χ3n) is 4.20. The monoisotopic (exact) mass is 256 g/mol. The molecule has 2 unspecified atom stereocenters. The van der Waals surface area contributed by atoms with Gasteiger partial charge in [-0.05, 0) is 39.2 Å². The zero-order chi connectivity index (χ0) is 13.8. The van der Waals surface area contributed by atoms with E-state index in [4.69, 9.17) is 0 Å². The molecule has 2 atom stereocenters. The molecule has 1 aliphatic rings. The van der Waals surface area contributed by atoms with Crippen molar-refractivity contribution in [3.05, 3.63) is 0 Å².